The zero-order valence-electron chi connectivity index (χ0n) is 10.3. The molecule has 1 heterocycles. The van der Waals surface area contributed by atoms with Gasteiger partial charge >= 0.3 is 14.6 Å². The zero-order chi connectivity index (χ0) is 14.1. The molecule has 1 aliphatic heterocycles. The first-order valence-electron chi connectivity index (χ1n) is 5.60. The molecule has 0 N–H and O–H groups in total. The third-order valence-corrected chi connectivity index (χ3v) is 6.17. The Morgan fingerprint density at radius 1 is 1.47 bits per heavy atom. The van der Waals surface area contributed by atoms with Gasteiger partial charge in [0.25, 0.3) is 0 Å². The van der Waals surface area contributed by atoms with E-state index in [4.69, 9.17) is 46.8 Å². The van der Waals surface area contributed by atoms with Crippen LogP contribution in [-0.2, 0) is 11.0 Å². The van der Waals surface area contributed by atoms with Gasteiger partial charge in [0.15, 0.2) is 0 Å². The Kier molecular flexibility index (Phi) is 4.54. The van der Waals surface area contributed by atoms with Crippen molar-refractivity contribution >= 4 is 47.8 Å². The molecule has 0 spiro atoms. The normalized spacial score (nSPS) is 22.3. The molecular weight excluding hydrogens is 343 g/mol. The highest BCUT2D eigenvalue weighted by Gasteiger charge is 2.35. The molecule has 0 aromatic heterocycles. The van der Waals surface area contributed by atoms with E-state index < -0.39 is 14.6 Å². The maximum Gasteiger partial charge on any atom is 0.422 e. The molecule has 19 heavy (non-hydrogen) atoms. The molecule has 0 bridgehead atoms. The van der Waals surface area contributed by atoms with E-state index in [9.17, 15) is 0 Å². The fourth-order valence-electron chi connectivity index (χ4n) is 1.59. The lowest BCUT2D eigenvalue weighted by molar-refractivity contribution is 0.215. The summed E-state index contributed by atoms with van der Waals surface area (Å²) in [6.07, 6.45) is 0.122. The molecule has 0 saturated heterocycles. The van der Waals surface area contributed by atoms with Gasteiger partial charge in [0.2, 0.25) is 0 Å². The van der Waals surface area contributed by atoms with E-state index >= 15 is 0 Å². The summed E-state index contributed by atoms with van der Waals surface area (Å²) in [6.45, 7) is 6.18. The van der Waals surface area contributed by atoms with Crippen molar-refractivity contribution in [2.45, 2.75) is 13.2 Å². The van der Waals surface area contributed by atoms with Crippen LogP contribution >= 0.6 is 33.2 Å². The molecule has 0 fully saturated rings. The molecule has 0 amide bonds. The van der Waals surface area contributed by atoms with Crippen LogP contribution < -0.4 is 9.16 Å². The van der Waals surface area contributed by atoms with Gasteiger partial charge in [-0.25, -0.2) is 0 Å². The van der Waals surface area contributed by atoms with Crippen LogP contribution in [0.15, 0.2) is 30.5 Å². The molecule has 1 unspecified atom stereocenters. The summed E-state index contributed by atoms with van der Waals surface area (Å²) in [5.74, 6) is 1.45. The molecule has 0 saturated carbocycles. The van der Waals surface area contributed by atoms with E-state index in [1.165, 1.54) is 0 Å². The Labute approximate surface area is 128 Å². The molecule has 0 radical (unpaired) electrons. The van der Waals surface area contributed by atoms with Crippen molar-refractivity contribution in [3.63, 3.8) is 0 Å². The highest BCUT2D eigenvalue weighted by Crippen LogP contribution is 2.33. The van der Waals surface area contributed by atoms with E-state index in [2.05, 4.69) is 6.58 Å². The van der Waals surface area contributed by atoms with E-state index in [1.54, 1.807) is 11.8 Å². The molecule has 1 atom stereocenters. The summed E-state index contributed by atoms with van der Waals surface area (Å²) in [6, 6.07) is 2.71. The molecule has 2 rings (SSSR count). The van der Waals surface area contributed by atoms with Gasteiger partial charge in [0, 0.05) is 5.56 Å². The third-order valence-electron chi connectivity index (χ3n) is 2.63. The molecule has 3 nitrogen and oxygen atoms in total. The summed E-state index contributed by atoms with van der Waals surface area (Å²) in [4.78, 5) is 0. The first kappa shape index (κ1) is 15.2. The topological polar surface area (TPSA) is 27.7 Å². The summed E-state index contributed by atoms with van der Waals surface area (Å²) >= 11 is 17.3. The molecule has 0 aliphatic carbocycles. The Morgan fingerprint density at radius 2 is 2.21 bits per heavy atom. The van der Waals surface area contributed by atoms with Crippen molar-refractivity contribution in [1.82, 2.24) is 0 Å². The van der Waals surface area contributed by atoms with Gasteiger partial charge in [0.1, 0.15) is 17.7 Å². The number of ether oxygens (including phenoxy) is 1. The van der Waals surface area contributed by atoms with Gasteiger partial charge in [-0.05, 0) is 30.4 Å². The minimum absolute atomic E-state index is 0.122. The second-order valence-electron chi connectivity index (χ2n) is 4.28. The summed E-state index contributed by atoms with van der Waals surface area (Å²) in [5, 5.41) is 0. The van der Waals surface area contributed by atoms with Crippen molar-refractivity contribution in [1.29, 1.82) is 0 Å². The van der Waals surface area contributed by atoms with Crippen molar-refractivity contribution in [3.05, 3.63) is 36.0 Å². The van der Waals surface area contributed by atoms with Gasteiger partial charge in [-0.2, -0.15) is 0 Å². The molecule has 1 aromatic carbocycles. The maximum atomic E-state index is 5.84. The van der Waals surface area contributed by atoms with Crippen molar-refractivity contribution in [3.8, 4) is 11.5 Å². The molecule has 8 heteroatoms. The van der Waals surface area contributed by atoms with Crippen molar-refractivity contribution < 1.29 is 13.6 Å². The van der Waals surface area contributed by atoms with Gasteiger partial charge in [0.05, 0.1) is 6.61 Å². The highest BCUT2D eigenvalue weighted by atomic mass is 35.8. The fraction of sp³-hybridized carbons (Fsp3) is 0.273. The number of hydrogen-bond acceptors (Lipinski definition) is 3. The number of hydrogen-bond donors (Lipinski definition) is 0. The maximum absolute atomic E-state index is 5.84. The number of halogens is 3. The van der Waals surface area contributed by atoms with Gasteiger partial charge in [-0.3, -0.25) is 0 Å². The van der Waals surface area contributed by atoms with Crippen LogP contribution in [-0.4, -0.2) is 20.8 Å². The lowest BCUT2D eigenvalue weighted by Gasteiger charge is -2.31. The predicted molar refractivity (Wildman–Crippen MR) is 82.5 cm³/mol. The van der Waals surface area contributed by atoms with Gasteiger partial charge in [-0.15, -0.1) is 39.8 Å². The smallest absolute Gasteiger partial charge is 0.422 e. The summed E-state index contributed by atoms with van der Waals surface area (Å²) < 4.78 is 17.0. The Balaban J connectivity index is 2.11. The fourth-order valence-corrected chi connectivity index (χ4v) is 3.75. The summed E-state index contributed by atoms with van der Waals surface area (Å²) in [5.41, 5.74) is 2.68. The minimum atomic E-state index is -2.78. The molecule has 104 valence electrons. The van der Waals surface area contributed by atoms with E-state index in [0.29, 0.717) is 12.4 Å². The molecule has 1 aliphatic rings. The third kappa shape index (κ3) is 4.14. The van der Waals surface area contributed by atoms with Crippen LogP contribution in [0.25, 0.3) is 0 Å². The highest BCUT2D eigenvalue weighted by molar-refractivity contribution is 7.64. The Hall–Kier alpha value is -0.176. The molecular formula is C11H13Cl3O3Si2. The van der Waals surface area contributed by atoms with Crippen LogP contribution in [0.1, 0.15) is 5.56 Å². The van der Waals surface area contributed by atoms with Crippen molar-refractivity contribution in [2.75, 3.05) is 6.23 Å². The van der Waals surface area contributed by atoms with E-state index in [-0.39, 0.29) is 6.23 Å². The van der Waals surface area contributed by atoms with Crippen LogP contribution in [0.4, 0.5) is 0 Å². The standard InChI is InChI=1S/C11H13Cl3O3Si2/c1-3-18(2)16-7-9-6-10(4-5-11(9)17-18)15-8-19(12,13)14/h3-6H,1,7-8H2,2H3. The van der Waals surface area contributed by atoms with E-state index in [0.717, 1.165) is 11.3 Å². The van der Waals surface area contributed by atoms with Crippen LogP contribution in [0, 0.1) is 0 Å². The second kappa shape index (κ2) is 5.67. The van der Waals surface area contributed by atoms with Crippen LogP contribution in [0.3, 0.4) is 0 Å². The van der Waals surface area contributed by atoms with Crippen LogP contribution in [0.5, 0.6) is 11.5 Å². The number of rotatable bonds is 4. The average Bonchev–Trinajstić information content (AvgIpc) is 2.35. The molecule has 1 aromatic rings. The SMILES string of the molecule is C=C[Si]1(C)OCc2cc(OC[Si](Cl)(Cl)Cl)ccc2O1. The lowest BCUT2D eigenvalue weighted by atomic mass is 10.2. The summed E-state index contributed by atoms with van der Waals surface area (Å²) in [7, 11) is -2.26. The first-order valence-corrected chi connectivity index (χ1v) is 13.2. The Bertz CT molecular complexity index is 493. The second-order valence-corrected chi connectivity index (χ2v) is 16.3. The number of benzene rings is 1. The number of fused-ring (bicyclic) bond motifs is 1. The predicted octanol–water partition coefficient (Wildman–Crippen LogP) is 3.97. The monoisotopic (exact) mass is 354 g/mol. The lowest BCUT2D eigenvalue weighted by Crippen LogP contribution is -2.42. The quantitative estimate of drug-likeness (QED) is 0.604. The first-order chi connectivity index (χ1) is 8.81. The average molecular weight is 356 g/mol. The van der Waals surface area contributed by atoms with Crippen LogP contribution in [0.2, 0.25) is 6.55 Å². The minimum Gasteiger partial charge on any atom is -0.517 e. The largest absolute Gasteiger partial charge is 0.517 e. The van der Waals surface area contributed by atoms with Gasteiger partial charge in [-0.1, -0.05) is 0 Å². The van der Waals surface area contributed by atoms with Gasteiger partial charge < -0.3 is 13.6 Å². The Morgan fingerprint density at radius 3 is 2.84 bits per heavy atom. The van der Waals surface area contributed by atoms with E-state index in [1.807, 2.05) is 18.7 Å². The van der Waals surface area contributed by atoms with Crippen molar-refractivity contribution in [2.24, 2.45) is 0 Å². The zero-order valence-corrected chi connectivity index (χ0v) is 14.6.